The standard InChI is InChI=1S/C14H28N2O/c1-12-11-17-8-7-16(12)14(10-15)9-13-5-3-2-4-6-13/h12-14H,2-11,15H2,1H3. The van der Waals surface area contributed by atoms with Crippen LogP contribution < -0.4 is 5.73 Å². The Labute approximate surface area is 106 Å². The largest absolute Gasteiger partial charge is 0.379 e. The van der Waals surface area contributed by atoms with Gasteiger partial charge in [-0.1, -0.05) is 32.1 Å². The first-order valence-electron chi connectivity index (χ1n) is 7.35. The lowest BCUT2D eigenvalue weighted by atomic mass is 9.84. The van der Waals surface area contributed by atoms with Gasteiger partial charge in [-0.2, -0.15) is 0 Å². The topological polar surface area (TPSA) is 38.5 Å². The average molecular weight is 240 g/mol. The van der Waals surface area contributed by atoms with Gasteiger partial charge in [0.25, 0.3) is 0 Å². The van der Waals surface area contributed by atoms with Gasteiger partial charge in [-0.05, 0) is 19.3 Å². The van der Waals surface area contributed by atoms with Gasteiger partial charge in [-0.3, -0.25) is 4.90 Å². The predicted molar refractivity (Wildman–Crippen MR) is 71.0 cm³/mol. The molecule has 0 aromatic carbocycles. The van der Waals surface area contributed by atoms with Crippen LogP contribution in [0, 0.1) is 5.92 Å². The monoisotopic (exact) mass is 240 g/mol. The minimum Gasteiger partial charge on any atom is -0.379 e. The molecular formula is C14H28N2O. The molecule has 3 nitrogen and oxygen atoms in total. The minimum absolute atomic E-state index is 0.542. The highest BCUT2D eigenvalue weighted by molar-refractivity contribution is 4.83. The van der Waals surface area contributed by atoms with E-state index in [-0.39, 0.29) is 0 Å². The Balaban J connectivity index is 1.85. The van der Waals surface area contributed by atoms with Crippen molar-refractivity contribution in [2.75, 3.05) is 26.3 Å². The van der Waals surface area contributed by atoms with Crippen LogP contribution in [0.3, 0.4) is 0 Å². The van der Waals surface area contributed by atoms with E-state index in [0.717, 1.165) is 32.2 Å². The highest BCUT2D eigenvalue weighted by Crippen LogP contribution is 2.29. The van der Waals surface area contributed by atoms with Crippen molar-refractivity contribution in [2.45, 2.75) is 57.5 Å². The fourth-order valence-electron chi connectivity index (χ4n) is 3.46. The molecule has 0 amide bonds. The van der Waals surface area contributed by atoms with E-state index in [1.807, 2.05) is 0 Å². The molecule has 0 aromatic heterocycles. The van der Waals surface area contributed by atoms with Crippen LogP contribution in [0.15, 0.2) is 0 Å². The third-order valence-corrected chi connectivity index (χ3v) is 4.49. The molecule has 0 aromatic rings. The van der Waals surface area contributed by atoms with Crippen molar-refractivity contribution in [3.05, 3.63) is 0 Å². The quantitative estimate of drug-likeness (QED) is 0.817. The molecule has 1 saturated carbocycles. The summed E-state index contributed by atoms with van der Waals surface area (Å²) in [4.78, 5) is 2.58. The Morgan fingerprint density at radius 3 is 2.71 bits per heavy atom. The van der Waals surface area contributed by atoms with E-state index in [1.54, 1.807) is 0 Å². The zero-order chi connectivity index (χ0) is 12.1. The van der Waals surface area contributed by atoms with Crippen molar-refractivity contribution in [3.8, 4) is 0 Å². The lowest BCUT2D eigenvalue weighted by Crippen LogP contribution is -2.52. The van der Waals surface area contributed by atoms with Gasteiger partial charge >= 0.3 is 0 Å². The molecule has 1 saturated heterocycles. The van der Waals surface area contributed by atoms with E-state index < -0.39 is 0 Å². The van der Waals surface area contributed by atoms with Gasteiger partial charge in [0.2, 0.25) is 0 Å². The van der Waals surface area contributed by atoms with Crippen LogP contribution in [0.1, 0.15) is 45.4 Å². The summed E-state index contributed by atoms with van der Waals surface area (Å²) in [5, 5.41) is 0. The van der Waals surface area contributed by atoms with E-state index >= 15 is 0 Å². The van der Waals surface area contributed by atoms with E-state index in [4.69, 9.17) is 10.5 Å². The molecule has 100 valence electrons. The highest BCUT2D eigenvalue weighted by atomic mass is 16.5. The number of hydrogen-bond acceptors (Lipinski definition) is 3. The van der Waals surface area contributed by atoms with Crippen molar-refractivity contribution < 1.29 is 4.74 Å². The summed E-state index contributed by atoms with van der Waals surface area (Å²) in [6.07, 6.45) is 8.46. The molecule has 1 heterocycles. The Morgan fingerprint density at radius 2 is 2.06 bits per heavy atom. The summed E-state index contributed by atoms with van der Waals surface area (Å²) in [6.45, 7) is 5.89. The van der Waals surface area contributed by atoms with Crippen LogP contribution in [0.2, 0.25) is 0 Å². The number of nitrogens with zero attached hydrogens (tertiary/aromatic N) is 1. The van der Waals surface area contributed by atoms with Crippen molar-refractivity contribution in [1.82, 2.24) is 4.90 Å². The summed E-state index contributed by atoms with van der Waals surface area (Å²) < 4.78 is 5.51. The maximum absolute atomic E-state index is 6.00. The summed E-state index contributed by atoms with van der Waals surface area (Å²) in [7, 11) is 0. The maximum Gasteiger partial charge on any atom is 0.0619 e. The van der Waals surface area contributed by atoms with E-state index in [0.29, 0.717) is 12.1 Å². The summed E-state index contributed by atoms with van der Waals surface area (Å²) in [5.74, 6) is 0.923. The molecule has 3 heteroatoms. The van der Waals surface area contributed by atoms with Crippen LogP contribution in [0.4, 0.5) is 0 Å². The Morgan fingerprint density at radius 1 is 1.29 bits per heavy atom. The molecule has 2 N–H and O–H groups in total. The molecular weight excluding hydrogens is 212 g/mol. The van der Waals surface area contributed by atoms with E-state index in [9.17, 15) is 0 Å². The average Bonchev–Trinajstić information content (AvgIpc) is 2.38. The second-order valence-corrected chi connectivity index (χ2v) is 5.79. The van der Waals surface area contributed by atoms with Crippen molar-refractivity contribution in [3.63, 3.8) is 0 Å². The van der Waals surface area contributed by atoms with Gasteiger partial charge in [0.1, 0.15) is 0 Å². The maximum atomic E-state index is 6.00. The third-order valence-electron chi connectivity index (χ3n) is 4.49. The molecule has 0 radical (unpaired) electrons. The van der Waals surface area contributed by atoms with Gasteiger partial charge in [0.05, 0.1) is 13.2 Å². The number of rotatable bonds is 4. The molecule has 2 atom stereocenters. The second-order valence-electron chi connectivity index (χ2n) is 5.79. The summed E-state index contributed by atoms with van der Waals surface area (Å²) in [6, 6.07) is 1.12. The van der Waals surface area contributed by atoms with Crippen molar-refractivity contribution in [1.29, 1.82) is 0 Å². The first-order chi connectivity index (χ1) is 8.31. The predicted octanol–water partition coefficient (Wildman–Crippen LogP) is 2.00. The van der Waals surface area contributed by atoms with Crippen LogP contribution >= 0.6 is 0 Å². The first-order valence-corrected chi connectivity index (χ1v) is 7.35. The highest BCUT2D eigenvalue weighted by Gasteiger charge is 2.28. The summed E-state index contributed by atoms with van der Waals surface area (Å²) in [5.41, 5.74) is 6.00. The number of hydrogen-bond donors (Lipinski definition) is 1. The van der Waals surface area contributed by atoms with Crippen molar-refractivity contribution in [2.24, 2.45) is 11.7 Å². The first kappa shape index (κ1) is 13.3. The van der Waals surface area contributed by atoms with Gasteiger partial charge in [-0.15, -0.1) is 0 Å². The van der Waals surface area contributed by atoms with Crippen LogP contribution in [-0.2, 0) is 4.74 Å². The molecule has 2 unspecified atom stereocenters. The van der Waals surface area contributed by atoms with Crippen molar-refractivity contribution >= 4 is 0 Å². The molecule has 2 fully saturated rings. The molecule has 1 aliphatic carbocycles. The lowest BCUT2D eigenvalue weighted by molar-refractivity contribution is -0.0257. The fourth-order valence-corrected chi connectivity index (χ4v) is 3.46. The van der Waals surface area contributed by atoms with Crippen LogP contribution in [0.5, 0.6) is 0 Å². The molecule has 0 spiro atoms. The van der Waals surface area contributed by atoms with E-state index in [2.05, 4.69) is 11.8 Å². The van der Waals surface area contributed by atoms with Crippen LogP contribution in [0.25, 0.3) is 0 Å². The third kappa shape index (κ3) is 3.67. The number of morpholine rings is 1. The SMILES string of the molecule is CC1COCCN1C(CN)CC1CCCCC1. The minimum atomic E-state index is 0.542. The van der Waals surface area contributed by atoms with Gasteiger partial charge < -0.3 is 10.5 Å². The van der Waals surface area contributed by atoms with Gasteiger partial charge in [0, 0.05) is 25.2 Å². The molecule has 17 heavy (non-hydrogen) atoms. The Kier molecular flexibility index (Phi) is 5.26. The zero-order valence-electron chi connectivity index (χ0n) is 11.2. The summed E-state index contributed by atoms with van der Waals surface area (Å²) >= 11 is 0. The van der Waals surface area contributed by atoms with Crippen LogP contribution in [-0.4, -0.2) is 43.3 Å². The molecule has 2 rings (SSSR count). The number of nitrogens with two attached hydrogens (primary N) is 1. The molecule has 2 aliphatic rings. The zero-order valence-corrected chi connectivity index (χ0v) is 11.2. The van der Waals surface area contributed by atoms with Gasteiger partial charge in [-0.25, -0.2) is 0 Å². The second kappa shape index (κ2) is 6.72. The number of ether oxygens (including phenoxy) is 1. The molecule has 0 bridgehead atoms. The molecule has 1 aliphatic heterocycles. The van der Waals surface area contributed by atoms with E-state index in [1.165, 1.54) is 38.5 Å². The normalized spacial score (nSPS) is 30.4. The lowest BCUT2D eigenvalue weighted by Gasteiger charge is -2.40. The Bertz CT molecular complexity index is 216. The smallest absolute Gasteiger partial charge is 0.0619 e. The Hall–Kier alpha value is -0.120. The van der Waals surface area contributed by atoms with Gasteiger partial charge in [0.15, 0.2) is 0 Å². The fraction of sp³-hybridized carbons (Fsp3) is 1.00.